The van der Waals surface area contributed by atoms with Gasteiger partial charge in [-0.15, -0.1) is 0 Å². The molecule has 0 saturated heterocycles. The van der Waals surface area contributed by atoms with Gasteiger partial charge in [-0.1, -0.05) is 0 Å². The molecular formula is C21H21F3N4O2S. The molecule has 0 bridgehead atoms. The second kappa shape index (κ2) is 7.60. The first-order valence-electron chi connectivity index (χ1n) is 9.44. The van der Waals surface area contributed by atoms with Gasteiger partial charge in [-0.25, -0.2) is 27.3 Å². The Bertz CT molecular complexity index is 1260. The van der Waals surface area contributed by atoms with Crippen molar-refractivity contribution in [1.82, 2.24) is 9.97 Å². The minimum absolute atomic E-state index is 0.119. The summed E-state index contributed by atoms with van der Waals surface area (Å²) in [5, 5.41) is 3.79. The summed E-state index contributed by atoms with van der Waals surface area (Å²) >= 11 is 0. The second-order valence-electron chi connectivity index (χ2n) is 7.76. The van der Waals surface area contributed by atoms with Crippen LogP contribution in [0.2, 0.25) is 0 Å². The summed E-state index contributed by atoms with van der Waals surface area (Å²) in [6, 6.07) is 7.37. The number of benzene rings is 2. The van der Waals surface area contributed by atoms with Gasteiger partial charge >= 0.3 is 0 Å². The van der Waals surface area contributed by atoms with E-state index in [1.165, 1.54) is 24.7 Å². The molecule has 2 unspecified atom stereocenters. The highest BCUT2D eigenvalue weighted by molar-refractivity contribution is 8.00. The number of nitrogens with zero attached hydrogens (tertiary/aromatic N) is 2. The number of halogens is 3. The molecule has 164 valence electrons. The predicted octanol–water partition coefficient (Wildman–Crippen LogP) is 4.53. The van der Waals surface area contributed by atoms with Gasteiger partial charge in [-0.2, -0.15) is 0 Å². The van der Waals surface area contributed by atoms with Crippen LogP contribution in [0.15, 0.2) is 36.7 Å². The molecule has 2 aromatic carbocycles. The molecule has 0 aliphatic heterocycles. The van der Waals surface area contributed by atoms with Crippen molar-refractivity contribution in [2.24, 2.45) is 5.92 Å². The number of aryl methyl sites for hydroxylation is 1. The van der Waals surface area contributed by atoms with E-state index in [1.54, 1.807) is 12.1 Å². The first kappa shape index (κ1) is 21.2. The number of fused-ring (bicyclic) bond motifs is 1. The Morgan fingerprint density at radius 3 is 2.71 bits per heavy atom. The number of aromatic nitrogens is 2. The zero-order valence-electron chi connectivity index (χ0n) is 16.9. The van der Waals surface area contributed by atoms with E-state index in [9.17, 15) is 17.4 Å². The first-order valence-corrected chi connectivity index (χ1v) is 11.6. The van der Waals surface area contributed by atoms with E-state index in [1.807, 2.05) is 6.92 Å². The Kier molecular flexibility index (Phi) is 5.20. The van der Waals surface area contributed by atoms with Crippen molar-refractivity contribution in [3.63, 3.8) is 0 Å². The van der Waals surface area contributed by atoms with E-state index in [0.717, 1.165) is 11.6 Å². The lowest BCUT2D eigenvalue weighted by atomic mass is 10.1. The summed E-state index contributed by atoms with van der Waals surface area (Å²) in [6.07, 6.45) is 2.62. The lowest BCUT2D eigenvalue weighted by Crippen LogP contribution is -2.10. The Hall–Kier alpha value is -3.01. The zero-order chi connectivity index (χ0) is 22.4. The third-order valence-electron chi connectivity index (χ3n) is 4.86. The minimum Gasteiger partial charge on any atom is -0.491 e. The topological polar surface area (TPSA) is 76.1 Å². The molecular weight excluding hydrogens is 429 g/mol. The molecule has 1 fully saturated rings. The van der Waals surface area contributed by atoms with Crippen LogP contribution in [-0.4, -0.2) is 38.8 Å². The molecule has 0 spiro atoms. The van der Waals surface area contributed by atoms with E-state index >= 15 is 0 Å². The van der Waals surface area contributed by atoms with Crippen LogP contribution in [-0.2, 0) is 9.71 Å². The molecule has 4 rings (SSSR count). The van der Waals surface area contributed by atoms with Crippen molar-refractivity contribution >= 4 is 43.7 Å². The van der Waals surface area contributed by atoms with Crippen molar-refractivity contribution in [3.05, 3.63) is 48.0 Å². The fourth-order valence-electron chi connectivity index (χ4n) is 3.28. The van der Waals surface area contributed by atoms with Crippen molar-refractivity contribution in [2.45, 2.75) is 19.3 Å². The Morgan fingerprint density at radius 1 is 1.29 bits per heavy atom. The van der Waals surface area contributed by atoms with E-state index in [-0.39, 0.29) is 18.8 Å². The SMILES string of the molecule is C=S(C)(=O)Nc1cc(C)c2c(Nc3ccc(F)cc3OCC3CC3(F)F)ncnc2c1. The number of rotatable bonds is 7. The molecule has 1 heterocycles. The number of anilines is 3. The van der Waals surface area contributed by atoms with Crippen LogP contribution in [0, 0.1) is 18.7 Å². The van der Waals surface area contributed by atoms with Gasteiger partial charge in [0.1, 0.15) is 23.7 Å². The predicted molar refractivity (Wildman–Crippen MR) is 117 cm³/mol. The first-order chi connectivity index (χ1) is 14.5. The summed E-state index contributed by atoms with van der Waals surface area (Å²) in [5.74, 6) is 0.0217. The van der Waals surface area contributed by atoms with Gasteiger partial charge in [0.2, 0.25) is 0 Å². The van der Waals surface area contributed by atoms with E-state index < -0.39 is 27.4 Å². The average molecular weight is 450 g/mol. The van der Waals surface area contributed by atoms with Gasteiger partial charge in [0.05, 0.1) is 23.7 Å². The molecule has 3 aromatic rings. The maximum Gasteiger partial charge on any atom is 0.255 e. The highest BCUT2D eigenvalue weighted by Crippen LogP contribution is 2.49. The number of nitrogens with one attached hydrogen (secondary N) is 2. The molecule has 0 radical (unpaired) electrons. The molecule has 1 aliphatic rings. The Balaban J connectivity index is 1.65. The molecule has 1 aromatic heterocycles. The highest BCUT2D eigenvalue weighted by atomic mass is 32.2. The fraction of sp³-hybridized carbons (Fsp3) is 0.286. The monoisotopic (exact) mass is 450 g/mol. The Morgan fingerprint density at radius 2 is 2.03 bits per heavy atom. The fourth-order valence-corrected chi connectivity index (χ4v) is 3.90. The van der Waals surface area contributed by atoms with Crippen LogP contribution >= 0.6 is 0 Å². The lowest BCUT2D eigenvalue weighted by Gasteiger charge is -2.16. The van der Waals surface area contributed by atoms with Gasteiger partial charge in [-0.3, -0.25) is 0 Å². The van der Waals surface area contributed by atoms with Gasteiger partial charge in [0, 0.05) is 39.5 Å². The maximum atomic E-state index is 13.8. The summed E-state index contributed by atoms with van der Waals surface area (Å²) in [4.78, 5) is 8.56. The number of alkyl halides is 2. The normalized spacial score (nSPS) is 18.9. The van der Waals surface area contributed by atoms with Gasteiger partial charge in [-0.05, 0) is 42.6 Å². The number of hydrogen-bond donors (Lipinski definition) is 2. The molecule has 2 atom stereocenters. The smallest absolute Gasteiger partial charge is 0.255 e. The zero-order valence-corrected chi connectivity index (χ0v) is 17.7. The molecule has 1 aliphatic carbocycles. The minimum atomic E-state index is -2.72. The van der Waals surface area contributed by atoms with Crippen LogP contribution in [0.5, 0.6) is 5.75 Å². The lowest BCUT2D eigenvalue weighted by molar-refractivity contribution is 0.0856. The molecule has 2 N–H and O–H groups in total. The van der Waals surface area contributed by atoms with Crippen LogP contribution in [0.4, 0.5) is 30.4 Å². The number of hydrogen-bond acceptors (Lipinski definition) is 5. The van der Waals surface area contributed by atoms with Crippen LogP contribution in [0.1, 0.15) is 12.0 Å². The van der Waals surface area contributed by atoms with E-state index in [4.69, 9.17) is 4.74 Å². The third-order valence-corrected chi connectivity index (χ3v) is 5.53. The molecule has 31 heavy (non-hydrogen) atoms. The van der Waals surface area contributed by atoms with Crippen molar-refractivity contribution < 1.29 is 22.1 Å². The summed E-state index contributed by atoms with van der Waals surface area (Å²) in [5.41, 5.74) is 2.38. The standard InChI is InChI=1S/C21H21F3N4O2S/c1-12-6-15(28-31(2,3)29)8-17-19(12)20(26-11-25-17)27-16-5-4-14(22)7-18(16)30-10-13-9-21(13,23)24/h4-8,11,13H,2,9-10H2,1,3H3,(H,28,29)(H,25,26,27). The molecule has 6 nitrogen and oxygen atoms in total. The molecule has 0 amide bonds. The van der Waals surface area contributed by atoms with E-state index in [0.29, 0.717) is 28.1 Å². The van der Waals surface area contributed by atoms with Crippen LogP contribution in [0.25, 0.3) is 10.9 Å². The molecule has 10 heteroatoms. The van der Waals surface area contributed by atoms with Crippen molar-refractivity contribution in [2.75, 3.05) is 22.9 Å². The quantitative estimate of drug-likeness (QED) is 0.518. The Labute approximate surface area is 178 Å². The largest absolute Gasteiger partial charge is 0.491 e. The van der Waals surface area contributed by atoms with Crippen molar-refractivity contribution in [3.8, 4) is 5.75 Å². The molecule has 1 saturated carbocycles. The highest BCUT2D eigenvalue weighted by Gasteiger charge is 2.57. The second-order valence-corrected chi connectivity index (χ2v) is 9.97. The van der Waals surface area contributed by atoms with E-state index in [2.05, 4.69) is 25.9 Å². The summed E-state index contributed by atoms with van der Waals surface area (Å²) in [7, 11) is -2.46. The van der Waals surface area contributed by atoms with Crippen molar-refractivity contribution in [1.29, 1.82) is 0 Å². The summed E-state index contributed by atoms with van der Waals surface area (Å²) in [6.45, 7) is 1.64. The average Bonchev–Trinajstić information content (AvgIpc) is 3.27. The van der Waals surface area contributed by atoms with Gasteiger partial charge < -0.3 is 14.8 Å². The van der Waals surface area contributed by atoms with Crippen LogP contribution in [0.3, 0.4) is 0 Å². The maximum absolute atomic E-state index is 13.8. The van der Waals surface area contributed by atoms with Gasteiger partial charge in [0.25, 0.3) is 5.92 Å². The van der Waals surface area contributed by atoms with Gasteiger partial charge in [0.15, 0.2) is 0 Å². The third kappa shape index (κ3) is 4.84. The van der Waals surface area contributed by atoms with Crippen LogP contribution < -0.4 is 14.8 Å². The number of ether oxygens (including phenoxy) is 1. The summed E-state index contributed by atoms with van der Waals surface area (Å²) < 4.78 is 60.4.